The molecule has 144 valence electrons. The maximum absolute atomic E-state index is 11.9. The highest BCUT2D eigenvalue weighted by molar-refractivity contribution is 7.99. The SMILES string of the molecule is CC(C)CCn1c(COc2ccccc2)nnc1SCC(=O)NCCC#N. The second kappa shape index (κ2) is 11.2. The highest BCUT2D eigenvalue weighted by Crippen LogP contribution is 2.20. The molecule has 1 aromatic carbocycles. The first-order valence-corrected chi connectivity index (χ1v) is 9.95. The zero-order chi connectivity index (χ0) is 19.5. The predicted molar refractivity (Wildman–Crippen MR) is 104 cm³/mol. The molecule has 0 saturated carbocycles. The molecule has 0 radical (unpaired) electrons. The third kappa shape index (κ3) is 7.31. The van der Waals surface area contributed by atoms with E-state index in [1.807, 2.05) is 41.0 Å². The van der Waals surface area contributed by atoms with Gasteiger partial charge < -0.3 is 14.6 Å². The number of hydrogen-bond acceptors (Lipinski definition) is 6. The van der Waals surface area contributed by atoms with Crippen molar-refractivity contribution in [2.24, 2.45) is 5.92 Å². The lowest BCUT2D eigenvalue weighted by Gasteiger charge is -2.12. The lowest BCUT2D eigenvalue weighted by atomic mass is 10.1. The van der Waals surface area contributed by atoms with Crippen LogP contribution in [0.5, 0.6) is 5.75 Å². The minimum atomic E-state index is -0.115. The smallest absolute Gasteiger partial charge is 0.230 e. The second-order valence-corrected chi connectivity index (χ2v) is 7.32. The number of nitrogens with zero attached hydrogens (tertiary/aromatic N) is 4. The number of carbonyl (C=O) groups is 1. The van der Waals surface area contributed by atoms with Crippen molar-refractivity contribution in [3.05, 3.63) is 36.2 Å². The average molecular weight is 388 g/mol. The first-order valence-electron chi connectivity index (χ1n) is 8.96. The molecule has 0 spiro atoms. The highest BCUT2D eigenvalue weighted by atomic mass is 32.2. The van der Waals surface area contributed by atoms with E-state index in [0.717, 1.165) is 24.5 Å². The molecule has 1 aromatic heterocycles. The Labute approximate surface area is 164 Å². The van der Waals surface area contributed by atoms with Crippen LogP contribution in [-0.4, -0.2) is 33.0 Å². The zero-order valence-electron chi connectivity index (χ0n) is 15.7. The Morgan fingerprint density at radius 2 is 2.11 bits per heavy atom. The van der Waals surface area contributed by atoms with E-state index < -0.39 is 0 Å². The standard InChI is InChI=1S/C19H25N5O2S/c1-15(2)9-12-24-17(13-26-16-7-4-3-5-8-16)22-23-19(24)27-14-18(25)21-11-6-10-20/h3-5,7-8,15H,6,9,11-14H2,1-2H3,(H,21,25). The minimum absolute atomic E-state index is 0.115. The first-order chi connectivity index (χ1) is 13.1. The molecule has 1 amide bonds. The van der Waals surface area contributed by atoms with Crippen molar-refractivity contribution in [1.29, 1.82) is 5.26 Å². The van der Waals surface area contributed by atoms with Crippen molar-refractivity contribution in [2.45, 2.75) is 45.0 Å². The molecule has 0 saturated heterocycles. The fraction of sp³-hybridized carbons (Fsp3) is 0.474. The van der Waals surface area contributed by atoms with Gasteiger partial charge in [-0.05, 0) is 24.5 Å². The van der Waals surface area contributed by atoms with Crippen molar-refractivity contribution >= 4 is 17.7 Å². The van der Waals surface area contributed by atoms with E-state index >= 15 is 0 Å². The normalized spacial score (nSPS) is 10.6. The molecule has 0 aliphatic heterocycles. The van der Waals surface area contributed by atoms with Gasteiger partial charge in [-0.2, -0.15) is 5.26 Å². The van der Waals surface area contributed by atoms with Gasteiger partial charge in [0.15, 0.2) is 11.0 Å². The molecule has 0 atom stereocenters. The van der Waals surface area contributed by atoms with Crippen LogP contribution in [0, 0.1) is 17.2 Å². The molecular weight excluding hydrogens is 362 g/mol. The summed E-state index contributed by atoms with van der Waals surface area (Å²) >= 11 is 1.35. The number of para-hydroxylation sites is 1. The molecule has 1 N–H and O–H groups in total. The molecule has 0 aliphatic rings. The topological polar surface area (TPSA) is 92.8 Å². The summed E-state index contributed by atoms with van der Waals surface area (Å²) in [7, 11) is 0. The monoisotopic (exact) mass is 387 g/mol. The fourth-order valence-corrected chi connectivity index (χ4v) is 3.06. The molecule has 0 aliphatic carbocycles. The van der Waals surface area contributed by atoms with E-state index in [4.69, 9.17) is 10.00 Å². The summed E-state index contributed by atoms with van der Waals surface area (Å²) in [5.41, 5.74) is 0. The van der Waals surface area contributed by atoms with Gasteiger partial charge in [0.2, 0.25) is 5.91 Å². The van der Waals surface area contributed by atoms with Gasteiger partial charge in [0.1, 0.15) is 12.4 Å². The zero-order valence-corrected chi connectivity index (χ0v) is 16.5. The van der Waals surface area contributed by atoms with Crippen molar-refractivity contribution in [3.63, 3.8) is 0 Å². The first kappa shape index (κ1) is 20.8. The van der Waals surface area contributed by atoms with Crippen LogP contribution in [0.25, 0.3) is 0 Å². The van der Waals surface area contributed by atoms with Gasteiger partial charge in [0.25, 0.3) is 0 Å². The van der Waals surface area contributed by atoms with Gasteiger partial charge in [0.05, 0.1) is 18.2 Å². The molecule has 27 heavy (non-hydrogen) atoms. The van der Waals surface area contributed by atoms with Crippen molar-refractivity contribution in [1.82, 2.24) is 20.1 Å². The molecule has 8 heteroatoms. The summed E-state index contributed by atoms with van der Waals surface area (Å²) in [6, 6.07) is 11.6. The van der Waals surface area contributed by atoms with Crippen molar-refractivity contribution in [2.75, 3.05) is 12.3 Å². The Bertz CT molecular complexity index is 755. The summed E-state index contributed by atoms with van der Waals surface area (Å²) < 4.78 is 7.83. The maximum atomic E-state index is 11.9. The van der Waals surface area contributed by atoms with E-state index in [-0.39, 0.29) is 11.7 Å². The predicted octanol–water partition coefficient (Wildman–Crippen LogP) is 3.03. The number of aromatic nitrogens is 3. The number of ether oxygens (including phenoxy) is 1. The molecule has 0 bridgehead atoms. The summed E-state index contributed by atoms with van der Waals surface area (Å²) in [6.07, 6.45) is 1.29. The Morgan fingerprint density at radius 3 is 2.81 bits per heavy atom. The molecule has 2 rings (SSSR count). The molecule has 7 nitrogen and oxygen atoms in total. The number of thioether (sulfide) groups is 1. The molecular formula is C19H25N5O2S. The van der Waals surface area contributed by atoms with Gasteiger partial charge in [-0.1, -0.05) is 43.8 Å². The number of hydrogen-bond donors (Lipinski definition) is 1. The van der Waals surface area contributed by atoms with Gasteiger partial charge in [-0.3, -0.25) is 4.79 Å². The Morgan fingerprint density at radius 1 is 1.33 bits per heavy atom. The number of nitrogens with one attached hydrogen (secondary N) is 1. The van der Waals surface area contributed by atoms with Gasteiger partial charge in [-0.25, -0.2) is 0 Å². The largest absolute Gasteiger partial charge is 0.486 e. The fourth-order valence-electron chi connectivity index (χ4n) is 2.25. The van der Waals surface area contributed by atoms with E-state index in [1.165, 1.54) is 11.8 Å². The van der Waals surface area contributed by atoms with Crippen LogP contribution < -0.4 is 10.1 Å². The van der Waals surface area contributed by atoms with Crippen LogP contribution in [0.4, 0.5) is 0 Å². The van der Waals surface area contributed by atoms with E-state index in [0.29, 0.717) is 30.6 Å². The minimum Gasteiger partial charge on any atom is -0.486 e. The van der Waals surface area contributed by atoms with Crippen molar-refractivity contribution in [3.8, 4) is 11.8 Å². The van der Waals surface area contributed by atoms with Crippen LogP contribution in [0.2, 0.25) is 0 Å². The molecule has 0 fully saturated rings. The van der Waals surface area contributed by atoms with E-state index in [9.17, 15) is 4.79 Å². The summed E-state index contributed by atoms with van der Waals surface area (Å²) in [5.74, 6) is 2.19. The van der Waals surface area contributed by atoms with Crippen molar-refractivity contribution < 1.29 is 9.53 Å². The van der Waals surface area contributed by atoms with Gasteiger partial charge >= 0.3 is 0 Å². The number of carbonyl (C=O) groups excluding carboxylic acids is 1. The van der Waals surface area contributed by atoms with Crippen LogP contribution >= 0.6 is 11.8 Å². The van der Waals surface area contributed by atoms with Crippen LogP contribution in [0.3, 0.4) is 0 Å². The van der Waals surface area contributed by atoms with E-state index in [2.05, 4.69) is 29.4 Å². The highest BCUT2D eigenvalue weighted by Gasteiger charge is 2.15. The summed E-state index contributed by atoms with van der Waals surface area (Å²) in [4.78, 5) is 11.9. The third-order valence-electron chi connectivity index (χ3n) is 3.73. The Hall–Kier alpha value is -2.53. The maximum Gasteiger partial charge on any atom is 0.230 e. The van der Waals surface area contributed by atoms with Crippen LogP contribution in [0.15, 0.2) is 35.5 Å². The molecule has 2 aromatic rings. The summed E-state index contributed by atoms with van der Waals surface area (Å²) in [6.45, 7) is 5.80. The number of amides is 1. The number of rotatable bonds is 11. The van der Waals surface area contributed by atoms with Gasteiger partial charge in [-0.15, -0.1) is 10.2 Å². The number of nitriles is 1. The molecule has 1 heterocycles. The number of benzene rings is 1. The van der Waals surface area contributed by atoms with Gasteiger partial charge in [0, 0.05) is 13.1 Å². The Balaban J connectivity index is 1.99. The lowest BCUT2D eigenvalue weighted by Crippen LogP contribution is -2.26. The average Bonchev–Trinajstić information content (AvgIpc) is 3.06. The van der Waals surface area contributed by atoms with Crippen LogP contribution in [-0.2, 0) is 17.9 Å². The Kier molecular flexibility index (Phi) is 8.65. The van der Waals surface area contributed by atoms with E-state index in [1.54, 1.807) is 0 Å². The third-order valence-corrected chi connectivity index (χ3v) is 4.69. The molecule has 0 unspecified atom stereocenters. The second-order valence-electron chi connectivity index (χ2n) is 6.38. The van der Waals surface area contributed by atoms with Crippen LogP contribution in [0.1, 0.15) is 32.5 Å². The lowest BCUT2D eigenvalue weighted by molar-refractivity contribution is -0.118. The quantitative estimate of drug-likeness (QED) is 0.471. The summed E-state index contributed by atoms with van der Waals surface area (Å²) in [5, 5.41) is 20.4.